The van der Waals surface area contributed by atoms with Crippen LogP contribution >= 0.6 is 0 Å². The average Bonchev–Trinajstić information content (AvgIpc) is 3.44. The molecule has 78 heavy (non-hydrogen) atoms. The van der Waals surface area contributed by atoms with Gasteiger partial charge in [-0.05, 0) is 83.5 Å². The van der Waals surface area contributed by atoms with Gasteiger partial charge in [-0.25, -0.2) is 0 Å². The number of allylic oxidation sites excluding steroid dienone is 8. The molecular weight excluding hydrogens is 961 g/mol. The van der Waals surface area contributed by atoms with Crippen molar-refractivity contribution in [1.29, 1.82) is 0 Å². The summed E-state index contributed by atoms with van der Waals surface area (Å²) >= 11 is 0. The Hall–Kier alpha value is -2.63. The molecule has 0 fully saturated rings. The van der Waals surface area contributed by atoms with Crippen LogP contribution in [0.3, 0.4) is 0 Å². The highest BCUT2D eigenvalue weighted by molar-refractivity contribution is 5.71. The van der Waals surface area contributed by atoms with Crippen LogP contribution < -0.4 is 0 Å². The van der Waals surface area contributed by atoms with E-state index in [0.717, 1.165) is 77.0 Å². The van der Waals surface area contributed by atoms with E-state index in [-0.39, 0.29) is 31.1 Å². The molecule has 1 unspecified atom stereocenters. The van der Waals surface area contributed by atoms with Gasteiger partial charge in [0.25, 0.3) is 0 Å². The standard InChI is InChI=1S/C72H132O6/c1-4-7-10-13-16-18-20-22-24-26-28-29-30-31-32-33-34-35-36-37-38-39-40-41-42-43-44-46-47-49-51-53-56-59-62-65-71(74)77-68-69(67-76-70(73)64-61-58-55-15-12-9-6-3)78-72(75)66-63-60-57-54-52-50-48-45-27-25-23-21-19-17-14-11-8-5-2/h19-22,25-28,69H,4-18,23-24,29-68H2,1-3H3/b21-19-,22-20-,27-25-,28-26-. The van der Waals surface area contributed by atoms with E-state index in [1.54, 1.807) is 0 Å². The van der Waals surface area contributed by atoms with Crippen molar-refractivity contribution in [3.05, 3.63) is 48.6 Å². The predicted octanol–water partition coefficient (Wildman–Crippen LogP) is 23.7. The Labute approximate surface area is 486 Å². The number of rotatable bonds is 64. The first-order chi connectivity index (χ1) is 38.5. The Morgan fingerprint density at radius 3 is 0.718 bits per heavy atom. The molecule has 0 aliphatic carbocycles. The van der Waals surface area contributed by atoms with E-state index in [4.69, 9.17) is 14.2 Å². The second kappa shape index (κ2) is 66.9. The van der Waals surface area contributed by atoms with Gasteiger partial charge in [0, 0.05) is 19.3 Å². The Kier molecular flexibility index (Phi) is 64.6. The highest BCUT2D eigenvalue weighted by Crippen LogP contribution is 2.18. The van der Waals surface area contributed by atoms with Crippen molar-refractivity contribution in [2.75, 3.05) is 13.2 Å². The van der Waals surface area contributed by atoms with Crippen LogP contribution in [-0.2, 0) is 28.6 Å². The van der Waals surface area contributed by atoms with Crippen LogP contribution in [-0.4, -0.2) is 37.2 Å². The molecule has 6 nitrogen and oxygen atoms in total. The van der Waals surface area contributed by atoms with Gasteiger partial charge in [-0.15, -0.1) is 0 Å². The highest BCUT2D eigenvalue weighted by Gasteiger charge is 2.19. The van der Waals surface area contributed by atoms with Gasteiger partial charge in [0.2, 0.25) is 0 Å². The van der Waals surface area contributed by atoms with E-state index in [2.05, 4.69) is 69.4 Å². The fourth-order valence-electron chi connectivity index (χ4n) is 10.3. The highest BCUT2D eigenvalue weighted by atomic mass is 16.6. The van der Waals surface area contributed by atoms with Gasteiger partial charge in [-0.1, -0.05) is 320 Å². The smallest absolute Gasteiger partial charge is 0.306 e. The summed E-state index contributed by atoms with van der Waals surface area (Å²) in [5.41, 5.74) is 0. The zero-order chi connectivity index (χ0) is 56.4. The molecule has 0 aromatic carbocycles. The lowest BCUT2D eigenvalue weighted by atomic mass is 10.0. The maximum atomic E-state index is 12.8. The second-order valence-corrected chi connectivity index (χ2v) is 23.4. The van der Waals surface area contributed by atoms with Crippen LogP contribution in [0.2, 0.25) is 0 Å². The number of unbranched alkanes of at least 4 members (excludes halogenated alkanes) is 45. The Balaban J connectivity index is 3.95. The average molecular weight is 1090 g/mol. The van der Waals surface area contributed by atoms with Gasteiger partial charge in [-0.2, -0.15) is 0 Å². The summed E-state index contributed by atoms with van der Waals surface area (Å²) < 4.78 is 16.9. The number of ether oxygens (including phenoxy) is 3. The third-order valence-corrected chi connectivity index (χ3v) is 15.6. The third kappa shape index (κ3) is 64.2. The first-order valence-electron chi connectivity index (χ1n) is 34.6. The molecule has 0 saturated carbocycles. The first kappa shape index (κ1) is 75.4. The molecule has 6 heteroatoms. The zero-order valence-electron chi connectivity index (χ0n) is 52.5. The van der Waals surface area contributed by atoms with Crippen molar-refractivity contribution >= 4 is 17.9 Å². The lowest BCUT2D eigenvalue weighted by molar-refractivity contribution is -0.167. The molecule has 0 heterocycles. The van der Waals surface area contributed by atoms with E-state index in [1.165, 1.54) is 257 Å². The van der Waals surface area contributed by atoms with Crippen molar-refractivity contribution in [2.24, 2.45) is 0 Å². The first-order valence-corrected chi connectivity index (χ1v) is 34.6. The number of hydrogen-bond acceptors (Lipinski definition) is 6. The van der Waals surface area contributed by atoms with Gasteiger partial charge in [0.15, 0.2) is 6.10 Å². The molecule has 0 radical (unpaired) electrons. The number of carbonyl (C=O) groups is 3. The van der Waals surface area contributed by atoms with Crippen LogP contribution in [0.15, 0.2) is 48.6 Å². The van der Waals surface area contributed by atoms with E-state index < -0.39 is 6.10 Å². The van der Waals surface area contributed by atoms with E-state index >= 15 is 0 Å². The van der Waals surface area contributed by atoms with Crippen LogP contribution in [0.1, 0.15) is 374 Å². The summed E-state index contributed by atoms with van der Waals surface area (Å²) in [7, 11) is 0. The van der Waals surface area contributed by atoms with Gasteiger partial charge >= 0.3 is 17.9 Å². The Morgan fingerprint density at radius 2 is 0.462 bits per heavy atom. The maximum absolute atomic E-state index is 12.8. The summed E-state index contributed by atoms with van der Waals surface area (Å²) in [5, 5.41) is 0. The second-order valence-electron chi connectivity index (χ2n) is 23.4. The molecule has 0 aliphatic heterocycles. The van der Waals surface area contributed by atoms with Gasteiger partial charge in [0.05, 0.1) is 0 Å². The van der Waals surface area contributed by atoms with E-state index in [9.17, 15) is 14.4 Å². The lowest BCUT2D eigenvalue weighted by Crippen LogP contribution is -2.30. The minimum Gasteiger partial charge on any atom is -0.462 e. The Morgan fingerprint density at radius 1 is 0.256 bits per heavy atom. The summed E-state index contributed by atoms with van der Waals surface area (Å²) in [6.07, 6.45) is 84.6. The molecule has 0 aliphatic rings. The minimum atomic E-state index is -0.772. The molecule has 0 spiro atoms. The maximum Gasteiger partial charge on any atom is 0.306 e. The largest absolute Gasteiger partial charge is 0.462 e. The molecule has 0 saturated heterocycles. The van der Waals surface area contributed by atoms with Crippen LogP contribution in [0.5, 0.6) is 0 Å². The predicted molar refractivity (Wildman–Crippen MR) is 339 cm³/mol. The third-order valence-electron chi connectivity index (χ3n) is 15.6. The minimum absolute atomic E-state index is 0.0716. The number of hydrogen-bond donors (Lipinski definition) is 0. The number of esters is 3. The molecule has 0 aromatic rings. The lowest BCUT2D eigenvalue weighted by Gasteiger charge is -2.18. The van der Waals surface area contributed by atoms with Crippen molar-refractivity contribution < 1.29 is 28.6 Å². The topological polar surface area (TPSA) is 78.9 Å². The molecule has 0 amide bonds. The van der Waals surface area contributed by atoms with Crippen molar-refractivity contribution in [3.63, 3.8) is 0 Å². The molecule has 0 bridgehead atoms. The number of carbonyl (C=O) groups excluding carboxylic acids is 3. The molecule has 0 rings (SSSR count). The van der Waals surface area contributed by atoms with Crippen molar-refractivity contribution in [3.8, 4) is 0 Å². The molecule has 0 N–H and O–H groups in total. The summed E-state index contributed by atoms with van der Waals surface area (Å²) in [5.74, 6) is -0.866. The molecule has 456 valence electrons. The Bertz CT molecular complexity index is 1350. The quantitative estimate of drug-likeness (QED) is 0.0261. The fourth-order valence-corrected chi connectivity index (χ4v) is 10.3. The van der Waals surface area contributed by atoms with Gasteiger partial charge in [-0.3, -0.25) is 14.4 Å². The van der Waals surface area contributed by atoms with E-state index in [1.807, 2.05) is 0 Å². The van der Waals surface area contributed by atoms with Crippen molar-refractivity contribution in [2.45, 2.75) is 380 Å². The SMILES string of the molecule is CCCCCC/C=C\C/C=C\CCCCCCCCCC(=O)OC(COC(=O)CCCCCCCCC)COC(=O)CCCCCCCCCCCCCCCCCCCCCCCCC/C=C\C/C=C\CCCCCCC. The molecule has 1 atom stereocenters. The zero-order valence-corrected chi connectivity index (χ0v) is 52.5. The van der Waals surface area contributed by atoms with Crippen LogP contribution in [0, 0.1) is 0 Å². The van der Waals surface area contributed by atoms with Crippen LogP contribution in [0.4, 0.5) is 0 Å². The molecule has 0 aromatic heterocycles. The normalized spacial score (nSPS) is 12.3. The van der Waals surface area contributed by atoms with Gasteiger partial charge in [0.1, 0.15) is 13.2 Å². The summed E-state index contributed by atoms with van der Waals surface area (Å²) in [6, 6.07) is 0. The monoisotopic (exact) mass is 1090 g/mol. The summed E-state index contributed by atoms with van der Waals surface area (Å²) in [4.78, 5) is 38.1. The molecular formula is C72H132O6. The van der Waals surface area contributed by atoms with E-state index in [0.29, 0.717) is 19.3 Å². The fraction of sp³-hybridized carbons (Fsp3) is 0.847. The van der Waals surface area contributed by atoms with Crippen molar-refractivity contribution in [1.82, 2.24) is 0 Å². The van der Waals surface area contributed by atoms with Gasteiger partial charge < -0.3 is 14.2 Å². The van der Waals surface area contributed by atoms with Crippen LogP contribution in [0.25, 0.3) is 0 Å². The summed E-state index contributed by atoms with van der Waals surface area (Å²) in [6.45, 7) is 6.61.